The van der Waals surface area contributed by atoms with Gasteiger partial charge in [0, 0.05) is 11.4 Å². The maximum atomic E-state index is 12.6. The number of aryl methyl sites for hydroxylation is 1. The van der Waals surface area contributed by atoms with E-state index in [1.807, 2.05) is 42.7 Å². The molecule has 34 heavy (non-hydrogen) atoms. The van der Waals surface area contributed by atoms with Crippen molar-refractivity contribution in [2.24, 2.45) is 10.3 Å². The van der Waals surface area contributed by atoms with Crippen LogP contribution >= 0.6 is 11.8 Å². The largest absolute Gasteiger partial charge is 0.496 e. The highest BCUT2D eigenvalue weighted by Gasteiger charge is 2.28. The van der Waals surface area contributed by atoms with Crippen LogP contribution in [0.2, 0.25) is 0 Å². The smallest absolute Gasteiger partial charge is 0.255 e. The van der Waals surface area contributed by atoms with Crippen molar-refractivity contribution in [1.29, 1.82) is 5.26 Å². The second kappa shape index (κ2) is 12.0. The molecule has 1 heterocycles. The van der Waals surface area contributed by atoms with Crippen molar-refractivity contribution in [1.82, 2.24) is 15.6 Å². The lowest BCUT2D eigenvalue weighted by molar-refractivity contribution is -0.122. The first-order valence-electron chi connectivity index (χ1n) is 10.9. The molecule has 0 aromatic heterocycles. The molecule has 9 nitrogen and oxygen atoms in total. The normalized spacial score (nSPS) is 15.5. The number of hydrogen-bond donors (Lipinski definition) is 2. The topological polar surface area (TPSA) is 119 Å². The molecule has 2 atom stereocenters. The van der Waals surface area contributed by atoms with Gasteiger partial charge in [0.1, 0.15) is 11.8 Å². The van der Waals surface area contributed by atoms with Crippen LogP contribution < -0.4 is 15.4 Å². The van der Waals surface area contributed by atoms with E-state index in [-0.39, 0.29) is 18.4 Å². The molecule has 2 unspecified atom stereocenters. The maximum absolute atomic E-state index is 12.6. The van der Waals surface area contributed by atoms with Gasteiger partial charge in [-0.15, -0.1) is 11.8 Å². The van der Waals surface area contributed by atoms with Gasteiger partial charge in [0.2, 0.25) is 5.91 Å². The Bertz CT molecular complexity index is 1080. The lowest BCUT2D eigenvalue weighted by Gasteiger charge is -2.16. The predicted octanol–water partition coefficient (Wildman–Crippen LogP) is 3.14. The number of nitriles is 1. The summed E-state index contributed by atoms with van der Waals surface area (Å²) in [7, 11) is 1.53. The Balaban J connectivity index is 1.47. The molecular formula is C24H28N6O3S. The van der Waals surface area contributed by atoms with Crippen LogP contribution in [-0.2, 0) is 11.2 Å². The zero-order valence-corrected chi connectivity index (χ0v) is 20.3. The molecule has 1 aliphatic heterocycles. The minimum Gasteiger partial charge on any atom is -0.496 e. The highest BCUT2D eigenvalue weighted by molar-refractivity contribution is 7.98. The van der Waals surface area contributed by atoms with Crippen LogP contribution in [0.5, 0.6) is 5.75 Å². The summed E-state index contributed by atoms with van der Waals surface area (Å²) in [5.41, 5.74) is 2.34. The molecule has 2 aromatic rings. The predicted molar refractivity (Wildman–Crippen MR) is 130 cm³/mol. The fourth-order valence-corrected chi connectivity index (χ4v) is 3.86. The van der Waals surface area contributed by atoms with Crippen molar-refractivity contribution in [3.05, 3.63) is 59.2 Å². The van der Waals surface area contributed by atoms with Crippen LogP contribution in [0, 0.1) is 11.3 Å². The standard InChI is InChI=1S/C24H28N6O3S/c1-4-16-5-7-17(8-6-16)20(14-25)27-24(32)21-15-30(29-28-21)12-11-26-23(31)19-10-9-18(34-3)13-22(19)33-2/h5-10,13,20-21H,4,11-12,15H2,1-3H3,(H,26,31)(H,27,32). The summed E-state index contributed by atoms with van der Waals surface area (Å²) in [4.78, 5) is 26.2. The average molecular weight is 481 g/mol. The summed E-state index contributed by atoms with van der Waals surface area (Å²) in [6, 6.07) is 13.7. The zero-order valence-electron chi connectivity index (χ0n) is 19.4. The summed E-state index contributed by atoms with van der Waals surface area (Å²) in [5, 5.41) is 24.7. The highest BCUT2D eigenvalue weighted by atomic mass is 32.2. The minimum absolute atomic E-state index is 0.249. The zero-order chi connectivity index (χ0) is 24.5. The average Bonchev–Trinajstić information content (AvgIpc) is 3.35. The third-order valence-electron chi connectivity index (χ3n) is 5.45. The van der Waals surface area contributed by atoms with E-state index in [0.29, 0.717) is 24.4 Å². The molecule has 0 saturated heterocycles. The lowest BCUT2D eigenvalue weighted by atomic mass is 10.0. The fourth-order valence-electron chi connectivity index (χ4n) is 3.43. The molecule has 178 valence electrons. The van der Waals surface area contributed by atoms with Gasteiger partial charge in [-0.25, -0.2) is 0 Å². The minimum atomic E-state index is -0.755. The van der Waals surface area contributed by atoms with Crippen LogP contribution in [0.4, 0.5) is 0 Å². The molecule has 0 saturated carbocycles. The number of carbonyl (C=O) groups is 2. The number of hydrogen-bond acceptors (Lipinski definition) is 8. The van der Waals surface area contributed by atoms with E-state index in [0.717, 1.165) is 22.4 Å². The summed E-state index contributed by atoms with van der Waals surface area (Å²) < 4.78 is 5.33. The SMILES string of the molecule is CCc1ccc(C(C#N)NC(=O)C2CN(CCNC(=O)c3ccc(SC)cc3OC)N=N2)cc1. The first-order valence-corrected chi connectivity index (χ1v) is 12.2. The quantitative estimate of drug-likeness (QED) is 0.504. The second-order valence-corrected chi connectivity index (χ2v) is 8.50. The molecule has 0 spiro atoms. The van der Waals surface area contributed by atoms with Gasteiger partial charge in [-0.1, -0.05) is 36.4 Å². The molecule has 0 aliphatic carbocycles. The Morgan fingerprint density at radius 2 is 2.06 bits per heavy atom. The van der Waals surface area contributed by atoms with E-state index < -0.39 is 12.1 Å². The summed E-state index contributed by atoms with van der Waals surface area (Å²) in [5.74, 6) is -0.0979. The number of amides is 2. The first kappa shape index (κ1) is 25.1. The monoisotopic (exact) mass is 480 g/mol. The number of rotatable bonds is 10. The molecule has 0 fully saturated rings. The molecule has 2 N–H and O–H groups in total. The van der Waals surface area contributed by atoms with Crippen molar-refractivity contribution < 1.29 is 14.3 Å². The summed E-state index contributed by atoms with van der Waals surface area (Å²) in [6.07, 6.45) is 2.86. The van der Waals surface area contributed by atoms with Crippen LogP contribution in [0.25, 0.3) is 0 Å². The molecule has 10 heteroatoms. The second-order valence-electron chi connectivity index (χ2n) is 7.62. The Morgan fingerprint density at radius 1 is 1.29 bits per heavy atom. The van der Waals surface area contributed by atoms with Gasteiger partial charge in [-0.3, -0.25) is 14.6 Å². The lowest BCUT2D eigenvalue weighted by Crippen LogP contribution is -2.40. The third-order valence-corrected chi connectivity index (χ3v) is 6.17. The number of benzene rings is 2. The Kier molecular flexibility index (Phi) is 8.87. The van der Waals surface area contributed by atoms with Crippen LogP contribution in [0.3, 0.4) is 0 Å². The van der Waals surface area contributed by atoms with Gasteiger partial charge < -0.3 is 15.4 Å². The number of carbonyl (C=O) groups excluding carboxylic acids is 2. The molecule has 2 aromatic carbocycles. The van der Waals surface area contributed by atoms with E-state index in [4.69, 9.17) is 4.74 Å². The van der Waals surface area contributed by atoms with Crippen molar-refractivity contribution in [3.63, 3.8) is 0 Å². The number of ether oxygens (including phenoxy) is 1. The van der Waals surface area contributed by atoms with Crippen molar-refractivity contribution in [2.45, 2.75) is 30.3 Å². The molecule has 0 bridgehead atoms. The number of thioether (sulfide) groups is 1. The van der Waals surface area contributed by atoms with Gasteiger partial charge in [0.05, 0.1) is 31.8 Å². The molecule has 3 rings (SSSR count). The summed E-state index contributed by atoms with van der Waals surface area (Å²) >= 11 is 1.57. The number of nitrogens with zero attached hydrogens (tertiary/aromatic N) is 4. The van der Waals surface area contributed by atoms with E-state index in [2.05, 4.69) is 34.0 Å². The van der Waals surface area contributed by atoms with Gasteiger partial charge in [-0.05, 0) is 42.0 Å². The molecular weight excluding hydrogens is 452 g/mol. The van der Waals surface area contributed by atoms with E-state index >= 15 is 0 Å². The number of methoxy groups -OCH3 is 1. The van der Waals surface area contributed by atoms with Crippen molar-refractivity contribution in [3.8, 4) is 11.8 Å². The van der Waals surface area contributed by atoms with Gasteiger partial charge in [0.25, 0.3) is 5.91 Å². The molecule has 1 aliphatic rings. The third kappa shape index (κ3) is 6.26. The molecule has 2 amide bonds. The van der Waals surface area contributed by atoms with Crippen LogP contribution in [-0.4, -0.2) is 55.9 Å². The van der Waals surface area contributed by atoms with E-state index in [9.17, 15) is 14.9 Å². The fraction of sp³-hybridized carbons (Fsp3) is 0.375. The van der Waals surface area contributed by atoms with Gasteiger partial charge >= 0.3 is 0 Å². The Morgan fingerprint density at radius 3 is 2.71 bits per heavy atom. The van der Waals surface area contributed by atoms with Gasteiger partial charge in [-0.2, -0.15) is 10.4 Å². The molecule has 0 radical (unpaired) electrons. The van der Waals surface area contributed by atoms with Crippen LogP contribution in [0.15, 0.2) is 57.7 Å². The van der Waals surface area contributed by atoms with Crippen molar-refractivity contribution in [2.75, 3.05) is 33.0 Å². The maximum Gasteiger partial charge on any atom is 0.255 e. The van der Waals surface area contributed by atoms with Crippen LogP contribution in [0.1, 0.15) is 34.5 Å². The first-order chi connectivity index (χ1) is 16.5. The van der Waals surface area contributed by atoms with Gasteiger partial charge in [0.15, 0.2) is 6.04 Å². The van der Waals surface area contributed by atoms with E-state index in [1.54, 1.807) is 22.8 Å². The highest BCUT2D eigenvalue weighted by Crippen LogP contribution is 2.25. The number of nitrogens with one attached hydrogen (secondary N) is 2. The van der Waals surface area contributed by atoms with E-state index in [1.165, 1.54) is 7.11 Å². The van der Waals surface area contributed by atoms with Crippen molar-refractivity contribution >= 4 is 23.6 Å². The Hall–Kier alpha value is -3.58. The Labute approximate surface area is 203 Å². The summed E-state index contributed by atoms with van der Waals surface area (Å²) in [6.45, 7) is 3.05.